The average Bonchev–Trinajstić information content (AvgIpc) is 1.65. The van der Waals surface area contributed by atoms with Gasteiger partial charge >= 0.3 is 8.03 Å². The molecule has 0 aliphatic carbocycles. The van der Waals surface area contributed by atoms with Crippen LogP contribution >= 0.6 is 8.03 Å². The SMILES string of the molecule is C=C(C[P+](=O)[O-])OC. The standard InChI is InChI=1S/C4H7O3P/c1-4(7-2)3-8(5)6/h1,3H2,2H3. The Labute approximate surface area is 48.8 Å². The van der Waals surface area contributed by atoms with Crippen molar-refractivity contribution in [3.63, 3.8) is 0 Å². The first kappa shape index (κ1) is 7.60. The van der Waals surface area contributed by atoms with E-state index in [2.05, 4.69) is 11.3 Å². The molecule has 0 bridgehead atoms. The average molecular weight is 134 g/mol. The second-order valence-corrected chi connectivity index (χ2v) is 2.22. The van der Waals surface area contributed by atoms with E-state index in [0.29, 0.717) is 0 Å². The van der Waals surface area contributed by atoms with Crippen molar-refractivity contribution in [3.8, 4) is 0 Å². The molecule has 0 aromatic carbocycles. The topological polar surface area (TPSA) is 49.4 Å². The largest absolute Gasteiger partial charge is 0.595 e. The van der Waals surface area contributed by atoms with Gasteiger partial charge in [0.2, 0.25) is 0 Å². The highest BCUT2D eigenvalue weighted by Gasteiger charge is 2.02. The van der Waals surface area contributed by atoms with Crippen molar-refractivity contribution in [1.29, 1.82) is 0 Å². The molecule has 0 rings (SSSR count). The normalized spacial score (nSPS) is 10.5. The van der Waals surface area contributed by atoms with Gasteiger partial charge in [0.25, 0.3) is 0 Å². The number of hydrogen-bond donors (Lipinski definition) is 0. The number of ether oxygens (including phenoxy) is 1. The number of methoxy groups -OCH3 is 1. The Bertz CT molecular complexity index is 110. The Hall–Kier alpha value is -0.400. The fraction of sp³-hybridized carbons (Fsp3) is 0.500. The summed E-state index contributed by atoms with van der Waals surface area (Å²) in [6.45, 7) is 3.31. The second kappa shape index (κ2) is 3.58. The molecule has 1 atom stereocenters. The molecular formula is C4H7O3P. The summed E-state index contributed by atoms with van der Waals surface area (Å²) in [5, 5.41) is 0. The van der Waals surface area contributed by atoms with Gasteiger partial charge < -0.3 is 9.63 Å². The smallest absolute Gasteiger partial charge is 0.316 e. The van der Waals surface area contributed by atoms with Gasteiger partial charge in [0.15, 0.2) is 6.16 Å². The van der Waals surface area contributed by atoms with Gasteiger partial charge in [0.05, 0.1) is 7.11 Å². The molecule has 0 aromatic heterocycles. The Kier molecular flexibility index (Phi) is 3.40. The van der Waals surface area contributed by atoms with Crippen molar-refractivity contribution in [2.24, 2.45) is 0 Å². The number of hydrogen-bond acceptors (Lipinski definition) is 3. The van der Waals surface area contributed by atoms with Crippen molar-refractivity contribution in [3.05, 3.63) is 12.3 Å². The molecule has 46 valence electrons. The van der Waals surface area contributed by atoms with Crippen LogP contribution in [0.3, 0.4) is 0 Å². The summed E-state index contributed by atoms with van der Waals surface area (Å²) in [5.74, 6) is 0.279. The van der Waals surface area contributed by atoms with E-state index in [0.717, 1.165) is 0 Å². The van der Waals surface area contributed by atoms with Gasteiger partial charge in [-0.1, -0.05) is 11.1 Å². The van der Waals surface area contributed by atoms with Crippen LogP contribution in [0, 0.1) is 0 Å². The summed E-state index contributed by atoms with van der Waals surface area (Å²) in [5.41, 5.74) is 0. The summed E-state index contributed by atoms with van der Waals surface area (Å²) >= 11 is 0. The maximum absolute atomic E-state index is 9.86. The molecule has 0 saturated heterocycles. The molecule has 0 radical (unpaired) electrons. The second-order valence-electron chi connectivity index (χ2n) is 1.23. The lowest BCUT2D eigenvalue weighted by molar-refractivity contribution is -0.164. The zero-order valence-corrected chi connectivity index (χ0v) is 5.48. The molecule has 0 saturated carbocycles. The maximum Gasteiger partial charge on any atom is 0.316 e. The van der Waals surface area contributed by atoms with Crippen LogP contribution in [0.5, 0.6) is 0 Å². The zero-order chi connectivity index (χ0) is 6.57. The molecule has 0 aliphatic heterocycles. The molecule has 8 heavy (non-hydrogen) atoms. The van der Waals surface area contributed by atoms with Gasteiger partial charge in [0.1, 0.15) is 5.76 Å². The van der Waals surface area contributed by atoms with Gasteiger partial charge in [-0.2, -0.15) is 0 Å². The van der Waals surface area contributed by atoms with Crippen LogP contribution in [0.15, 0.2) is 12.3 Å². The highest BCUT2D eigenvalue weighted by Crippen LogP contribution is 2.10. The van der Waals surface area contributed by atoms with E-state index in [1.165, 1.54) is 7.11 Å². The van der Waals surface area contributed by atoms with Crippen LogP contribution < -0.4 is 4.89 Å². The first-order valence-electron chi connectivity index (χ1n) is 2.00. The Morgan fingerprint density at radius 3 is 2.62 bits per heavy atom. The molecule has 0 heterocycles. The van der Waals surface area contributed by atoms with Crippen molar-refractivity contribution in [2.45, 2.75) is 0 Å². The summed E-state index contributed by atoms with van der Waals surface area (Å²) < 4.78 is 14.3. The molecule has 0 N–H and O–H groups in total. The first-order valence-corrected chi connectivity index (χ1v) is 3.36. The van der Waals surface area contributed by atoms with Crippen LogP contribution in [0.25, 0.3) is 0 Å². The molecule has 0 fully saturated rings. The van der Waals surface area contributed by atoms with E-state index in [9.17, 15) is 9.46 Å². The van der Waals surface area contributed by atoms with Crippen molar-refractivity contribution >= 4 is 8.03 Å². The van der Waals surface area contributed by atoms with Gasteiger partial charge in [-0.15, -0.1) is 0 Å². The van der Waals surface area contributed by atoms with Crippen LogP contribution in [0.1, 0.15) is 0 Å². The molecule has 0 aromatic rings. The summed E-state index contributed by atoms with van der Waals surface area (Å²) in [7, 11) is -0.980. The minimum Gasteiger partial charge on any atom is -0.595 e. The quantitative estimate of drug-likeness (QED) is 0.410. The predicted molar refractivity (Wildman–Crippen MR) is 28.6 cm³/mol. The van der Waals surface area contributed by atoms with Gasteiger partial charge in [-0.25, -0.2) is 0 Å². The Balaban J connectivity index is 3.40. The Morgan fingerprint density at radius 2 is 2.50 bits per heavy atom. The zero-order valence-electron chi connectivity index (χ0n) is 4.59. The first-order chi connectivity index (χ1) is 3.66. The van der Waals surface area contributed by atoms with Crippen molar-refractivity contribution in [2.75, 3.05) is 13.3 Å². The van der Waals surface area contributed by atoms with E-state index in [-0.39, 0.29) is 11.9 Å². The maximum atomic E-state index is 9.86. The third kappa shape index (κ3) is 3.78. The number of rotatable bonds is 3. The lowest BCUT2D eigenvalue weighted by Gasteiger charge is -1.94. The van der Waals surface area contributed by atoms with E-state index < -0.39 is 8.03 Å². The van der Waals surface area contributed by atoms with Gasteiger partial charge in [0, 0.05) is 0 Å². The highest BCUT2D eigenvalue weighted by atomic mass is 31.1. The van der Waals surface area contributed by atoms with Crippen molar-refractivity contribution < 1.29 is 14.2 Å². The summed E-state index contributed by atoms with van der Waals surface area (Å²) in [6.07, 6.45) is -0.0775. The fourth-order valence-electron chi connectivity index (χ4n) is 0.209. The third-order valence-electron chi connectivity index (χ3n) is 0.594. The van der Waals surface area contributed by atoms with E-state index >= 15 is 0 Å². The van der Waals surface area contributed by atoms with Crippen LogP contribution in [0.2, 0.25) is 0 Å². The third-order valence-corrected chi connectivity index (χ3v) is 1.21. The van der Waals surface area contributed by atoms with Crippen LogP contribution in [-0.2, 0) is 9.30 Å². The summed E-state index contributed by atoms with van der Waals surface area (Å²) in [4.78, 5) is 9.86. The lowest BCUT2D eigenvalue weighted by atomic mass is 10.7. The molecular weight excluding hydrogens is 127 g/mol. The minimum absolute atomic E-state index is 0.0775. The monoisotopic (exact) mass is 134 g/mol. The predicted octanol–water partition coefficient (Wildman–Crippen LogP) is 0.249. The minimum atomic E-state index is -2.37. The van der Waals surface area contributed by atoms with E-state index in [1.54, 1.807) is 0 Å². The lowest BCUT2D eigenvalue weighted by Crippen LogP contribution is -1.94. The van der Waals surface area contributed by atoms with Gasteiger partial charge in [-0.05, 0) is 0 Å². The summed E-state index contributed by atoms with van der Waals surface area (Å²) in [6, 6.07) is 0. The molecule has 3 nitrogen and oxygen atoms in total. The van der Waals surface area contributed by atoms with E-state index in [1.807, 2.05) is 0 Å². The number of allylic oxidation sites excluding steroid dienone is 1. The van der Waals surface area contributed by atoms with Crippen molar-refractivity contribution in [1.82, 2.24) is 0 Å². The van der Waals surface area contributed by atoms with E-state index in [4.69, 9.17) is 0 Å². The molecule has 0 aliphatic rings. The van der Waals surface area contributed by atoms with Crippen LogP contribution in [0.4, 0.5) is 0 Å². The molecule has 0 spiro atoms. The molecule has 4 heteroatoms. The Morgan fingerprint density at radius 1 is 2.00 bits per heavy atom. The van der Waals surface area contributed by atoms with Crippen LogP contribution in [-0.4, -0.2) is 13.3 Å². The molecule has 1 unspecified atom stereocenters. The fourth-order valence-corrected chi connectivity index (χ4v) is 0.626. The molecule has 0 amide bonds. The van der Waals surface area contributed by atoms with Gasteiger partial charge in [-0.3, -0.25) is 0 Å². The highest BCUT2D eigenvalue weighted by molar-refractivity contribution is 7.36.